The minimum atomic E-state index is -0.236. The number of carbonyl (C=O) groups is 1. The van der Waals surface area contributed by atoms with Crippen molar-refractivity contribution >= 4 is 11.5 Å². The highest BCUT2D eigenvalue weighted by molar-refractivity contribution is 6.17. The van der Waals surface area contributed by atoms with Crippen LogP contribution in [0.4, 0.5) is 0 Å². The van der Waals surface area contributed by atoms with Gasteiger partial charge in [0.25, 0.3) is 0 Å². The number of benzene rings is 1. The Hall–Kier alpha value is -2.05. The van der Waals surface area contributed by atoms with Crippen molar-refractivity contribution in [3.05, 3.63) is 41.5 Å². The van der Waals surface area contributed by atoms with Crippen LogP contribution in [0.3, 0.4) is 0 Å². The van der Waals surface area contributed by atoms with E-state index in [1.54, 1.807) is 0 Å². The van der Waals surface area contributed by atoms with Gasteiger partial charge in [-0.25, -0.2) is 4.79 Å². The third kappa shape index (κ3) is 6.07. The summed E-state index contributed by atoms with van der Waals surface area (Å²) in [6.45, 7) is 7.08. The fraction of sp³-hybridized carbons (Fsp3) is 0.500. The number of allylic oxidation sites excluding steroid dienone is 1. The highest BCUT2D eigenvalue weighted by atomic mass is 16.5. The molecule has 0 spiro atoms. The van der Waals surface area contributed by atoms with Gasteiger partial charge in [0, 0.05) is 0 Å². The molecule has 0 saturated heterocycles. The molecule has 0 atom stereocenters. The van der Waals surface area contributed by atoms with Gasteiger partial charge in [0.05, 0.1) is 12.1 Å². The number of hydrogen-bond donors (Lipinski definition) is 0. The van der Waals surface area contributed by atoms with Crippen molar-refractivity contribution in [2.45, 2.75) is 46.0 Å². The first-order valence-electron chi connectivity index (χ1n) is 9.38. The van der Waals surface area contributed by atoms with Gasteiger partial charge in [0.15, 0.2) is 6.61 Å². The molecule has 0 bridgehead atoms. The lowest BCUT2D eigenvalue weighted by atomic mass is 9.88. The van der Waals surface area contributed by atoms with Gasteiger partial charge < -0.3 is 4.74 Å². The van der Waals surface area contributed by atoms with Crippen LogP contribution in [0.25, 0.3) is 5.57 Å². The molecule has 1 aliphatic rings. The van der Waals surface area contributed by atoms with Crippen molar-refractivity contribution in [1.29, 1.82) is 0 Å². The minimum Gasteiger partial charge on any atom is -0.449 e. The Morgan fingerprint density at radius 2 is 1.72 bits per heavy atom. The summed E-state index contributed by atoms with van der Waals surface area (Å²) in [4.78, 5) is 14.9. The highest BCUT2D eigenvalue weighted by Crippen LogP contribution is 2.31. The smallest absolute Gasteiger partial charge is 0.339 e. The number of ether oxygens (including phenoxy) is 1. The third-order valence-electron chi connectivity index (χ3n) is 4.67. The Kier molecular flexibility index (Phi) is 8.28. The average molecular weight is 339 g/mol. The van der Waals surface area contributed by atoms with Crippen LogP contribution in [-0.4, -0.2) is 37.1 Å². The molecule has 3 nitrogen and oxygen atoms in total. The first kappa shape index (κ1) is 19.3. The van der Waals surface area contributed by atoms with Crippen LogP contribution in [0, 0.1) is 11.8 Å². The largest absolute Gasteiger partial charge is 0.449 e. The maximum absolute atomic E-state index is 12.7. The van der Waals surface area contributed by atoms with E-state index in [0.717, 1.165) is 56.5 Å². The van der Waals surface area contributed by atoms with Crippen LogP contribution < -0.4 is 0 Å². The van der Waals surface area contributed by atoms with E-state index < -0.39 is 0 Å². The molecule has 1 fully saturated rings. The van der Waals surface area contributed by atoms with Crippen molar-refractivity contribution in [2.24, 2.45) is 0 Å². The van der Waals surface area contributed by atoms with E-state index in [1.807, 2.05) is 30.3 Å². The summed E-state index contributed by atoms with van der Waals surface area (Å²) in [6.07, 6.45) is 5.54. The van der Waals surface area contributed by atoms with Gasteiger partial charge in [-0.05, 0) is 44.3 Å². The topological polar surface area (TPSA) is 29.5 Å². The van der Waals surface area contributed by atoms with Gasteiger partial charge in [-0.2, -0.15) is 0 Å². The molecule has 1 aromatic carbocycles. The second-order valence-corrected chi connectivity index (χ2v) is 6.30. The van der Waals surface area contributed by atoms with Crippen LogP contribution >= 0.6 is 0 Å². The number of carbonyl (C=O) groups excluding carboxylic acids is 1. The first-order chi connectivity index (χ1) is 12.3. The fourth-order valence-corrected chi connectivity index (χ4v) is 3.14. The van der Waals surface area contributed by atoms with Crippen LogP contribution in [-0.2, 0) is 9.53 Å². The van der Waals surface area contributed by atoms with Crippen molar-refractivity contribution < 1.29 is 9.53 Å². The molecule has 1 aliphatic carbocycles. The molecule has 0 unspecified atom stereocenters. The van der Waals surface area contributed by atoms with E-state index >= 15 is 0 Å². The van der Waals surface area contributed by atoms with Crippen LogP contribution in [0.5, 0.6) is 0 Å². The molecule has 0 aliphatic heterocycles. The van der Waals surface area contributed by atoms with Gasteiger partial charge >= 0.3 is 5.97 Å². The zero-order chi connectivity index (χ0) is 17.9. The Balaban J connectivity index is 2.03. The molecular formula is C22H29NO2. The van der Waals surface area contributed by atoms with Gasteiger partial charge in [-0.1, -0.05) is 68.0 Å². The normalized spacial score (nSPS) is 14.0. The molecule has 2 rings (SSSR count). The lowest BCUT2D eigenvalue weighted by molar-refractivity contribution is -0.135. The molecule has 0 radical (unpaired) electrons. The average Bonchev–Trinajstić information content (AvgIpc) is 2.66. The van der Waals surface area contributed by atoms with Gasteiger partial charge in [-0.3, -0.25) is 4.90 Å². The molecule has 0 heterocycles. The molecule has 1 aromatic rings. The van der Waals surface area contributed by atoms with Crippen LogP contribution in [0.15, 0.2) is 35.9 Å². The zero-order valence-corrected chi connectivity index (χ0v) is 15.5. The molecule has 1 saturated carbocycles. The summed E-state index contributed by atoms with van der Waals surface area (Å²) in [5, 5.41) is 0. The highest BCUT2D eigenvalue weighted by Gasteiger charge is 2.20. The standard InChI is InChI=1S/C22H29NO2/c1-3-23(4-2)17-11-12-18-25-22(24)21(19-13-7-5-8-14-19)20-15-9-6-10-16-20/h5,7-8,13-14H,3-4,6,9-10,15-18H2,1-2H3. The van der Waals surface area contributed by atoms with Crippen molar-refractivity contribution in [3.63, 3.8) is 0 Å². The number of nitrogens with zero attached hydrogens (tertiary/aromatic N) is 1. The second kappa shape index (κ2) is 10.7. The number of hydrogen-bond acceptors (Lipinski definition) is 3. The predicted molar refractivity (Wildman–Crippen MR) is 103 cm³/mol. The molecule has 25 heavy (non-hydrogen) atoms. The lowest BCUT2D eigenvalue weighted by Gasteiger charge is -2.18. The molecule has 0 aromatic heterocycles. The Bertz CT molecular complexity index is 625. The Morgan fingerprint density at radius 1 is 1.04 bits per heavy atom. The van der Waals surface area contributed by atoms with Crippen molar-refractivity contribution in [3.8, 4) is 11.8 Å². The van der Waals surface area contributed by atoms with Gasteiger partial charge in [0.2, 0.25) is 0 Å². The summed E-state index contributed by atoms with van der Waals surface area (Å²) >= 11 is 0. The monoisotopic (exact) mass is 339 g/mol. The SMILES string of the molecule is CCN(CC)CC#CCOC(=O)C(=C1CCCCC1)c1ccccc1. The predicted octanol–water partition coefficient (Wildman–Crippen LogP) is 4.29. The molecule has 3 heteroatoms. The van der Waals surface area contributed by atoms with E-state index in [2.05, 4.69) is 30.6 Å². The minimum absolute atomic E-state index is 0.156. The molecule has 0 amide bonds. The summed E-state index contributed by atoms with van der Waals surface area (Å²) < 4.78 is 5.47. The van der Waals surface area contributed by atoms with Gasteiger partial charge in [0.1, 0.15) is 0 Å². The summed E-state index contributed by atoms with van der Waals surface area (Å²) in [6, 6.07) is 9.89. The van der Waals surface area contributed by atoms with Crippen LogP contribution in [0.1, 0.15) is 51.5 Å². The maximum Gasteiger partial charge on any atom is 0.339 e. The van der Waals surface area contributed by atoms with Gasteiger partial charge in [-0.15, -0.1) is 0 Å². The summed E-state index contributed by atoms with van der Waals surface area (Å²) in [7, 11) is 0. The quantitative estimate of drug-likeness (QED) is 0.440. The summed E-state index contributed by atoms with van der Waals surface area (Å²) in [5.41, 5.74) is 2.95. The Labute approximate surface area is 152 Å². The molecular weight excluding hydrogens is 310 g/mol. The van der Waals surface area contributed by atoms with Crippen molar-refractivity contribution in [1.82, 2.24) is 4.90 Å². The van der Waals surface area contributed by atoms with E-state index in [-0.39, 0.29) is 12.6 Å². The van der Waals surface area contributed by atoms with Crippen LogP contribution in [0.2, 0.25) is 0 Å². The van der Waals surface area contributed by atoms with E-state index in [9.17, 15) is 4.79 Å². The lowest BCUT2D eigenvalue weighted by Crippen LogP contribution is -2.23. The molecule has 134 valence electrons. The number of esters is 1. The second-order valence-electron chi connectivity index (χ2n) is 6.30. The first-order valence-corrected chi connectivity index (χ1v) is 9.38. The maximum atomic E-state index is 12.7. The molecule has 0 N–H and O–H groups in total. The number of rotatable bonds is 6. The van der Waals surface area contributed by atoms with E-state index in [4.69, 9.17) is 4.74 Å². The van der Waals surface area contributed by atoms with E-state index in [1.165, 1.54) is 12.0 Å². The zero-order valence-electron chi connectivity index (χ0n) is 15.5. The summed E-state index contributed by atoms with van der Waals surface area (Å²) in [5.74, 6) is 5.82. The Morgan fingerprint density at radius 3 is 2.36 bits per heavy atom. The fourth-order valence-electron chi connectivity index (χ4n) is 3.14. The van der Waals surface area contributed by atoms with E-state index in [0.29, 0.717) is 0 Å². The van der Waals surface area contributed by atoms with Crippen molar-refractivity contribution in [2.75, 3.05) is 26.2 Å². The third-order valence-corrected chi connectivity index (χ3v) is 4.67.